The quantitative estimate of drug-likeness (QED) is 0.509. The van der Waals surface area contributed by atoms with Gasteiger partial charge in [-0.1, -0.05) is 12.1 Å². The molecule has 0 amide bonds. The van der Waals surface area contributed by atoms with Crippen molar-refractivity contribution in [2.24, 2.45) is 0 Å². The van der Waals surface area contributed by atoms with Crippen LogP contribution >= 0.6 is 0 Å². The number of piperazine rings is 1. The van der Waals surface area contributed by atoms with Crippen molar-refractivity contribution in [1.29, 1.82) is 0 Å². The number of hydrogen-bond acceptors (Lipinski definition) is 7. The van der Waals surface area contributed by atoms with Crippen LogP contribution in [0.25, 0.3) is 0 Å². The SMILES string of the molecule is COC(=O)c1ccc(COc2coc(CN3CCN(c4ccc(F)cc4)CC3)cc2=O)cc1. The van der Waals surface area contributed by atoms with Gasteiger partial charge in [-0.05, 0) is 42.0 Å². The van der Waals surface area contributed by atoms with Crippen molar-refractivity contribution in [3.8, 4) is 5.75 Å². The minimum atomic E-state index is -0.407. The number of halogens is 1. The van der Waals surface area contributed by atoms with E-state index in [4.69, 9.17) is 9.15 Å². The Bertz CT molecular complexity index is 1140. The number of rotatable bonds is 7. The van der Waals surface area contributed by atoms with Gasteiger partial charge in [-0.15, -0.1) is 0 Å². The van der Waals surface area contributed by atoms with Crippen molar-refractivity contribution >= 4 is 11.7 Å². The molecule has 0 atom stereocenters. The van der Waals surface area contributed by atoms with Gasteiger partial charge >= 0.3 is 5.97 Å². The van der Waals surface area contributed by atoms with Crippen molar-refractivity contribution in [3.63, 3.8) is 0 Å². The van der Waals surface area contributed by atoms with E-state index >= 15 is 0 Å². The number of carbonyl (C=O) groups is 1. The number of nitrogens with zero attached hydrogens (tertiary/aromatic N) is 2. The summed E-state index contributed by atoms with van der Waals surface area (Å²) in [5.74, 6) is 0.0637. The van der Waals surface area contributed by atoms with E-state index in [1.165, 1.54) is 31.6 Å². The highest BCUT2D eigenvalue weighted by atomic mass is 19.1. The monoisotopic (exact) mass is 452 g/mol. The van der Waals surface area contributed by atoms with Gasteiger partial charge in [-0.3, -0.25) is 9.69 Å². The normalized spacial score (nSPS) is 14.2. The largest absolute Gasteiger partial charge is 0.482 e. The van der Waals surface area contributed by atoms with Crippen LogP contribution in [-0.2, 0) is 17.9 Å². The number of ether oxygens (including phenoxy) is 2. The van der Waals surface area contributed by atoms with E-state index in [0.717, 1.165) is 37.4 Å². The third-order valence-corrected chi connectivity index (χ3v) is 5.57. The van der Waals surface area contributed by atoms with E-state index in [1.54, 1.807) is 36.4 Å². The van der Waals surface area contributed by atoms with Crippen LogP contribution in [0, 0.1) is 5.82 Å². The second-order valence-corrected chi connectivity index (χ2v) is 7.79. The standard InChI is InChI=1S/C25H25FN2O5/c1-31-25(30)19-4-2-18(3-5-19)16-33-24-17-32-22(14-23(24)29)15-27-10-12-28(13-11-27)21-8-6-20(26)7-9-21/h2-9,14,17H,10-13,15-16H2,1H3. The van der Waals surface area contributed by atoms with E-state index in [1.807, 2.05) is 0 Å². The van der Waals surface area contributed by atoms with Gasteiger partial charge in [0.25, 0.3) is 0 Å². The second-order valence-electron chi connectivity index (χ2n) is 7.79. The first-order valence-corrected chi connectivity index (χ1v) is 10.7. The van der Waals surface area contributed by atoms with Gasteiger partial charge in [0, 0.05) is 37.9 Å². The van der Waals surface area contributed by atoms with Gasteiger partial charge in [0.05, 0.1) is 19.2 Å². The highest BCUT2D eigenvalue weighted by Crippen LogP contribution is 2.18. The summed E-state index contributed by atoms with van der Waals surface area (Å²) >= 11 is 0. The Labute approximate surface area is 190 Å². The van der Waals surface area contributed by atoms with Crippen LogP contribution in [0.1, 0.15) is 21.7 Å². The third-order valence-electron chi connectivity index (χ3n) is 5.57. The molecule has 2 heterocycles. The van der Waals surface area contributed by atoms with Gasteiger partial charge < -0.3 is 18.8 Å². The van der Waals surface area contributed by atoms with E-state index in [-0.39, 0.29) is 23.6 Å². The maximum Gasteiger partial charge on any atom is 0.337 e. The lowest BCUT2D eigenvalue weighted by molar-refractivity contribution is 0.0600. The molecule has 1 saturated heterocycles. The number of methoxy groups -OCH3 is 1. The Hall–Kier alpha value is -3.65. The number of esters is 1. The zero-order valence-electron chi connectivity index (χ0n) is 18.3. The van der Waals surface area contributed by atoms with Crippen molar-refractivity contribution in [2.45, 2.75) is 13.2 Å². The molecule has 4 rings (SSSR count). The number of hydrogen-bond donors (Lipinski definition) is 0. The van der Waals surface area contributed by atoms with Crippen molar-refractivity contribution < 1.29 is 23.1 Å². The molecule has 1 aliphatic heterocycles. The Balaban J connectivity index is 1.28. The first-order valence-electron chi connectivity index (χ1n) is 10.7. The zero-order valence-corrected chi connectivity index (χ0v) is 18.3. The minimum Gasteiger partial charge on any atom is -0.482 e. The molecule has 7 nitrogen and oxygen atoms in total. The molecular weight excluding hydrogens is 427 g/mol. The highest BCUT2D eigenvalue weighted by Gasteiger charge is 2.18. The fourth-order valence-corrected chi connectivity index (χ4v) is 3.68. The Morgan fingerprint density at radius 1 is 1.03 bits per heavy atom. The summed E-state index contributed by atoms with van der Waals surface area (Å²) in [6.07, 6.45) is 1.34. The summed E-state index contributed by atoms with van der Waals surface area (Å²) in [6, 6.07) is 14.8. The van der Waals surface area contributed by atoms with Crippen LogP contribution in [0.4, 0.5) is 10.1 Å². The molecule has 33 heavy (non-hydrogen) atoms. The van der Waals surface area contributed by atoms with Crippen LogP contribution < -0.4 is 15.1 Å². The smallest absolute Gasteiger partial charge is 0.337 e. The summed E-state index contributed by atoms with van der Waals surface area (Å²) in [7, 11) is 1.33. The summed E-state index contributed by atoms with van der Waals surface area (Å²) in [5.41, 5.74) is 2.02. The predicted molar refractivity (Wildman–Crippen MR) is 121 cm³/mol. The highest BCUT2D eigenvalue weighted by molar-refractivity contribution is 5.89. The van der Waals surface area contributed by atoms with E-state index in [9.17, 15) is 14.0 Å². The summed E-state index contributed by atoms with van der Waals surface area (Å²) in [5, 5.41) is 0. The molecule has 1 aliphatic rings. The number of carbonyl (C=O) groups excluding carboxylic acids is 1. The number of anilines is 1. The summed E-state index contributed by atoms with van der Waals surface area (Å²) in [6.45, 7) is 3.94. The van der Waals surface area contributed by atoms with E-state index < -0.39 is 5.97 Å². The molecule has 172 valence electrons. The van der Waals surface area contributed by atoms with Gasteiger partial charge in [0.15, 0.2) is 0 Å². The lowest BCUT2D eigenvalue weighted by atomic mass is 10.1. The lowest BCUT2D eigenvalue weighted by Crippen LogP contribution is -2.46. The maximum absolute atomic E-state index is 13.1. The Kier molecular flexibility index (Phi) is 7.04. The van der Waals surface area contributed by atoms with Gasteiger partial charge in [-0.25, -0.2) is 9.18 Å². The zero-order chi connectivity index (χ0) is 23.2. The molecule has 1 aromatic heterocycles. The fraction of sp³-hybridized carbons (Fsp3) is 0.280. The molecule has 3 aromatic rings. The molecule has 8 heteroatoms. The Morgan fingerprint density at radius 2 is 1.73 bits per heavy atom. The molecule has 0 unspecified atom stereocenters. The van der Waals surface area contributed by atoms with E-state index in [0.29, 0.717) is 17.9 Å². The van der Waals surface area contributed by atoms with E-state index in [2.05, 4.69) is 14.5 Å². The van der Waals surface area contributed by atoms with Crippen LogP contribution in [0.2, 0.25) is 0 Å². The van der Waals surface area contributed by atoms with Crippen molar-refractivity contribution in [3.05, 3.63) is 93.8 Å². The first kappa shape index (κ1) is 22.5. The van der Waals surface area contributed by atoms with Crippen molar-refractivity contribution in [1.82, 2.24) is 4.90 Å². The Morgan fingerprint density at radius 3 is 2.36 bits per heavy atom. The molecule has 0 bridgehead atoms. The van der Waals surface area contributed by atoms with Crippen LogP contribution in [0.15, 0.2) is 70.1 Å². The average molecular weight is 452 g/mol. The molecule has 1 fully saturated rings. The molecule has 2 aromatic carbocycles. The fourth-order valence-electron chi connectivity index (χ4n) is 3.68. The second kappa shape index (κ2) is 10.3. The molecular formula is C25H25FN2O5. The average Bonchev–Trinajstić information content (AvgIpc) is 2.84. The third kappa shape index (κ3) is 5.78. The van der Waals surface area contributed by atoms with Gasteiger partial charge in [0.1, 0.15) is 24.4 Å². The topological polar surface area (TPSA) is 72.2 Å². The summed E-state index contributed by atoms with van der Waals surface area (Å²) < 4.78 is 29.0. The van der Waals surface area contributed by atoms with Gasteiger partial charge in [0.2, 0.25) is 11.2 Å². The summed E-state index contributed by atoms with van der Waals surface area (Å²) in [4.78, 5) is 28.4. The van der Waals surface area contributed by atoms with Gasteiger partial charge in [-0.2, -0.15) is 0 Å². The van der Waals surface area contributed by atoms with Crippen LogP contribution in [-0.4, -0.2) is 44.2 Å². The predicted octanol–water partition coefficient (Wildman–Crippen LogP) is 3.47. The lowest BCUT2D eigenvalue weighted by Gasteiger charge is -2.35. The van der Waals surface area contributed by atoms with Crippen LogP contribution in [0.3, 0.4) is 0 Å². The van der Waals surface area contributed by atoms with Crippen LogP contribution in [0.5, 0.6) is 5.75 Å². The van der Waals surface area contributed by atoms with Crippen molar-refractivity contribution in [2.75, 3.05) is 38.2 Å². The first-order chi connectivity index (χ1) is 16.0. The molecule has 0 N–H and O–H groups in total. The minimum absolute atomic E-state index is 0.136. The molecule has 0 saturated carbocycles. The molecule has 0 spiro atoms. The maximum atomic E-state index is 13.1. The number of benzene rings is 2. The molecule has 0 radical (unpaired) electrons. The molecule has 0 aliphatic carbocycles.